The first-order valence-corrected chi connectivity index (χ1v) is 11.6. The predicted octanol–water partition coefficient (Wildman–Crippen LogP) is 3.44. The number of halogens is 1. The van der Waals surface area contributed by atoms with Crippen LogP contribution in [0.15, 0.2) is 39.7 Å². The van der Waals surface area contributed by atoms with E-state index >= 15 is 0 Å². The van der Waals surface area contributed by atoms with Crippen molar-refractivity contribution in [2.45, 2.75) is 55.6 Å². The molecule has 2 aliphatic heterocycles. The summed E-state index contributed by atoms with van der Waals surface area (Å²) < 4.78 is 21.1. The average Bonchev–Trinajstić information content (AvgIpc) is 3.18. The van der Waals surface area contributed by atoms with Crippen LogP contribution >= 0.6 is 11.8 Å². The Kier molecular flexibility index (Phi) is 7.17. The van der Waals surface area contributed by atoms with Crippen LogP contribution in [0.4, 0.5) is 4.39 Å². The molecule has 0 saturated carbocycles. The van der Waals surface area contributed by atoms with Gasteiger partial charge in [-0.25, -0.2) is 4.39 Å². The topological polar surface area (TPSA) is 93.8 Å². The van der Waals surface area contributed by atoms with Crippen molar-refractivity contribution >= 4 is 17.7 Å². The number of carbonyl (C=O) groups excluding carboxylic acids is 1. The number of aromatic nitrogens is 3. The molecule has 0 spiro atoms. The van der Waals surface area contributed by atoms with Crippen LogP contribution < -0.4 is 5.32 Å². The molecule has 32 heavy (non-hydrogen) atoms. The Balaban J connectivity index is 1.35. The van der Waals surface area contributed by atoms with Gasteiger partial charge in [-0.2, -0.15) is 10.2 Å². The molecule has 2 aliphatic rings. The van der Waals surface area contributed by atoms with Crippen LogP contribution in [0, 0.1) is 18.2 Å². The van der Waals surface area contributed by atoms with Crippen LogP contribution in [-0.4, -0.2) is 51.3 Å². The van der Waals surface area contributed by atoms with Crippen LogP contribution in [0.5, 0.6) is 0 Å². The number of nitrogens with zero attached hydrogens (tertiary/aromatic N) is 5. The van der Waals surface area contributed by atoms with Gasteiger partial charge in [0, 0.05) is 38.0 Å². The molecular weight excluding hydrogens is 431 g/mol. The second kappa shape index (κ2) is 10.2. The highest BCUT2D eigenvalue weighted by atomic mass is 32.2. The number of benzene rings is 1. The fourth-order valence-corrected chi connectivity index (χ4v) is 4.39. The summed E-state index contributed by atoms with van der Waals surface area (Å²) in [6.45, 7) is 1.82. The van der Waals surface area contributed by atoms with E-state index in [9.17, 15) is 9.18 Å². The molecule has 0 aliphatic carbocycles. The van der Waals surface area contributed by atoms with Crippen molar-refractivity contribution in [2.75, 3.05) is 18.9 Å². The van der Waals surface area contributed by atoms with E-state index in [1.165, 1.54) is 23.9 Å². The third kappa shape index (κ3) is 5.72. The summed E-state index contributed by atoms with van der Waals surface area (Å²) in [5, 5.41) is 20.3. The molecule has 4 rings (SSSR count). The maximum atomic E-state index is 13.4. The van der Waals surface area contributed by atoms with Gasteiger partial charge in [-0.15, -0.1) is 22.5 Å². The molecule has 1 N–H and O–H groups in total. The second-order valence-corrected chi connectivity index (χ2v) is 8.78. The third-order valence-electron chi connectivity index (χ3n) is 5.46. The summed E-state index contributed by atoms with van der Waals surface area (Å²) in [4.78, 5) is 12.4. The molecule has 1 aromatic carbocycles. The lowest BCUT2D eigenvalue weighted by atomic mass is 10.0. The lowest BCUT2D eigenvalue weighted by molar-refractivity contribution is -0.118. The van der Waals surface area contributed by atoms with Crippen LogP contribution in [0.3, 0.4) is 0 Å². The van der Waals surface area contributed by atoms with Crippen LogP contribution in [0.25, 0.3) is 11.4 Å². The Morgan fingerprint density at radius 1 is 1.31 bits per heavy atom. The number of nitrogens with one attached hydrogen (secondary N) is 1. The summed E-state index contributed by atoms with van der Waals surface area (Å²) in [7, 11) is 0. The van der Waals surface area contributed by atoms with E-state index in [2.05, 4.69) is 31.7 Å². The number of rotatable bonds is 11. The highest BCUT2D eigenvalue weighted by Crippen LogP contribution is 2.36. The number of amides is 1. The highest BCUT2D eigenvalue weighted by Gasteiger charge is 2.38. The van der Waals surface area contributed by atoms with Gasteiger partial charge in [-0.3, -0.25) is 9.36 Å². The summed E-state index contributed by atoms with van der Waals surface area (Å²) in [6, 6.07) is 6.15. The summed E-state index contributed by atoms with van der Waals surface area (Å²) in [5.74, 6) is 3.03. The van der Waals surface area contributed by atoms with E-state index in [4.69, 9.17) is 11.2 Å². The van der Waals surface area contributed by atoms with E-state index < -0.39 is 5.66 Å². The Labute approximate surface area is 190 Å². The van der Waals surface area contributed by atoms with Crippen molar-refractivity contribution in [3.63, 3.8) is 0 Å². The minimum absolute atomic E-state index is 0.0728. The zero-order valence-corrected chi connectivity index (χ0v) is 18.5. The normalized spacial score (nSPS) is 18.4. The van der Waals surface area contributed by atoms with E-state index in [0.29, 0.717) is 43.3 Å². The zero-order valence-electron chi connectivity index (χ0n) is 17.7. The molecule has 2 aromatic rings. The van der Waals surface area contributed by atoms with Crippen molar-refractivity contribution in [1.29, 1.82) is 0 Å². The van der Waals surface area contributed by atoms with E-state index in [1.807, 2.05) is 4.57 Å². The Bertz CT molecular complexity index is 1000. The van der Waals surface area contributed by atoms with Gasteiger partial charge in [0.05, 0.1) is 18.4 Å². The van der Waals surface area contributed by atoms with Gasteiger partial charge in [-0.05, 0) is 37.1 Å². The molecule has 3 heterocycles. The fraction of sp³-hybridized carbons (Fsp3) is 0.500. The van der Waals surface area contributed by atoms with Crippen molar-refractivity contribution in [3.05, 3.63) is 30.1 Å². The highest BCUT2D eigenvalue weighted by molar-refractivity contribution is 7.99. The monoisotopic (exact) mass is 456 g/mol. The molecule has 1 amide bonds. The first-order chi connectivity index (χ1) is 15.6. The second-order valence-electron chi connectivity index (χ2n) is 7.83. The lowest BCUT2D eigenvalue weighted by Crippen LogP contribution is -2.29. The van der Waals surface area contributed by atoms with Crippen LogP contribution in [-0.2, 0) is 16.1 Å². The maximum Gasteiger partial charge on any atom is 0.230 e. The Morgan fingerprint density at radius 2 is 2.12 bits per heavy atom. The molecule has 10 heteroatoms. The Morgan fingerprint density at radius 3 is 2.81 bits per heavy atom. The number of hydrogen-bond acceptors (Lipinski definition) is 7. The molecule has 1 atom stereocenters. The molecule has 168 valence electrons. The van der Waals surface area contributed by atoms with E-state index in [0.717, 1.165) is 25.0 Å². The third-order valence-corrected chi connectivity index (χ3v) is 6.43. The number of ether oxygens (including phenoxy) is 1. The molecule has 8 nitrogen and oxygen atoms in total. The zero-order chi connectivity index (χ0) is 22.4. The number of thioether (sulfide) groups is 1. The van der Waals surface area contributed by atoms with Gasteiger partial charge in [0.25, 0.3) is 0 Å². The van der Waals surface area contributed by atoms with Crippen molar-refractivity contribution in [3.8, 4) is 23.7 Å². The summed E-state index contributed by atoms with van der Waals surface area (Å²) in [6.07, 6.45) is 9.34. The quantitative estimate of drug-likeness (QED) is 0.413. The molecule has 1 unspecified atom stereocenters. The van der Waals surface area contributed by atoms with E-state index in [-0.39, 0.29) is 23.6 Å². The molecule has 1 fully saturated rings. The van der Waals surface area contributed by atoms with Gasteiger partial charge in [-0.1, -0.05) is 11.8 Å². The number of terminal acetylenes is 1. The molecular formula is C22H25FN6O2S. The summed E-state index contributed by atoms with van der Waals surface area (Å²) >= 11 is 1.32. The Hall–Kier alpha value is -2.77. The van der Waals surface area contributed by atoms with Crippen LogP contribution in [0.2, 0.25) is 0 Å². The smallest absolute Gasteiger partial charge is 0.230 e. The maximum absolute atomic E-state index is 13.4. The van der Waals surface area contributed by atoms with Gasteiger partial charge in [0.2, 0.25) is 5.91 Å². The van der Waals surface area contributed by atoms with Crippen molar-refractivity contribution < 1.29 is 13.9 Å². The van der Waals surface area contributed by atoms with Gasteiger partial charge < -0.3 is 10.1 Å². The summed E-state index contributed by atoms with van der Waals surface area (Å²) in [5.41, 5.74) is 0.362. The van der Waals surface area contributed by atoms with Gasteiger partial charge >= 0.3 is 0 Å². The SMILES string of the molecule is C#CCCC1(CCNC(=O)CSc2nnc(-c3ccc(F)cc3)n2CC2CCCO2)N=N1. The molecule has 0 radical (unpaired) electrons. The first kappa shape index (κ1) is 22.4. The lowest BCUT2D eigenvalue weighted by Gasteiger charge is -2.15. The standard InChI is InChI=1S/C22H25FN6O2S/c1-2-3-10-22(27-28-22)11-12-24-19(30)15-32-21-26-25-20(16-6-8-17(23)9-7-16)29(21)14-18-5-4-13-31-18/h1,6-9,18H,3-5,10-15H2,(H,24,30). The number of carbonyl (C=O) groups is 1. The molecule has 1 aromatic heterocycles. The minimum atomic E-state index is -0.404. The number of hydrogen-bond donors (Lipinski definition) is 1. The minimum Gasteiger partial charge on any atom is -0.376 e. The molecule has 1 saturated heterocycles. The van der Waals surface area contributed by atoms with E-state index in [1.54, 1.807) is 12.1 Å². The average molecular weight is 457 g/mol. The van der Waals surface area contributed by atoms with Crippen molar-refractivity contribution in [2.24, 2.45) is 10.2 Å². The van der Waals surface area contributed by atoms with Gasteiger partial charge in [0.15, 0.2) is 16.6 Å². The first-order valence-electron chi connectivity index (χ1n) is 10.7. The van der Waals surface area contributed by atoms with Crippen molar-refractivity contribution in [1.82, 2.24) is 20.1 Å². The van der Waals surface area contributed by atoms with Crippen LogP contribution in [0.1, 0.15) is 32.1 Å². The largest absolute Gasteiger partial charge is 0.376 e. The molecule has 0 bridgehead atoms. The fourth-order valence-electron chi connectivity index (χ4n) is 3.62. The van der Waals surface area contributed by atoms with Gasteiger partial charge in [0.1, 0.15) is 5.82 Å². The predicted molar refractivity (Wildman–Crippen MR) is 118 cm³/mol.